The molecule has 0 radical (unpaired) electrons. The summed E-state index contributed by atoms with van der Waals surface area (Å²) in [7, 11) is 3.64. The van der Waals surface area contributed by atoms with Gasteiger partial charge in [-0.15, -0.1) is 0 Å². The Labute approximate surface area is 130 Å². The van der Waals surface area contributed by atoms with Crippen molar-refractivity contribution in [2.75, 3.05) is 19.1 Å². The molecule has 2 aromatic rings. The Morgan fingerprint density at radius 2 is 1.86 bits per heavy atom. The number of aryl methyl sites for hydroxylation is 2. The number of nitrogens with two attached hydrogens (primary N) is 1. The number of hydrogen-bond donors (Lipinski definition) is 1. The maximum Gasteiger partial charge on any atom is 0.119 e. The van der Waals surface area contributed by atoms with Crippen molar-refractivity contribution >= 4 is 28.6 Å². The van der Waals surface area contributed by atoms with Gasteiger partial charge in [0, 0.05) is 24.1 Å². The van der Waals surface area contributed by atoms with Crippen molar-refractivity contribution in [3.05, 3.63) is 47.3 Å². The molecule has 0 saturated carbocycles. The van der Waals surface area contributed by atoms with Crippen LogP contribution in [0.5, 0.6) is 5.75 Å². The maximum absolute atomic E-state index is 5.87. The van der Waals surface area contributed by atoms with Crippen LogP contribution in [-0.2, 0) is 0 Å². The highest BCUT2D eigenvalue weighted by atomic mass is 32.1. The van der Waals surface area contributed by atoms with Gasteiger partial charge in [-0.05, 0) is 44.2 Å². The smallest absolute Gasteiger partial charge is 0.119 e. The summed E-state index contributed by atoms with van der Waals surface area (Å²) < 4.78 is 5.19. The molecule has 0 aliphatic carbocycles. The van der Waals surface area contributed by atoms with E-state index in [0.29, 0.717) is 4.99 Å². The van der Waals surface area contributed by atoms with Crippen LogP contribution in [0.25, 0.3) is 0 Å². The molecular weight excluding hydrogens is 282 g/mol. The summed E-state index contributed by atoms with van der Waals surface area (Å²) >= 11 is 5.18. The van der Waals surface area contributed by atoms with Crippen molar-refractivity contribution in [3.63, 3.8) is 0 Å². The molecule has 0 spiro atoms. The van der Waals surface area contributed by atoms with E-state index in [9.17, 15) is 0 Å². The van der Waals surface area contributed by atoms with Gasteiger partial charge in [-0.25, -0.2) is 0 Å². The first kappa shape index (κ1) is 15.3. The third-order valence-electron chi connectivity index (χ3n) is 3.38. The van der Waals surface area contributed by atoms with Crippen molar-refractivity contribution < 1.29 is 4.74 Å². The maximum atomic E-state index is 5.87. The lowest BCUT2D eigenvalue weighted by Crippen LogP contribution is -2.20. The third-order valence-corrected chi connectivity index (χ3v) is 3.58. The molecule has 0 aliphatic rings. The molecule has 110 valence electrons. The minimum Gasteiger partial charge on any atom is -0.497 e. The zero-order valence-corrected chi connectivity index (χ0v) is 13.5. The largest absolute Gasteiger partial charge is 0.497 e. The monoisotopic (exact) mass is 301 g/mol. The van der Waals surface area contributed by atoms with Crippen LogP contribution in [0.4, 0.5) is 11.4 Å². The highest BCUT2D eigenvalue weighted by Crippen LogP contribution is 2.30. The van der Waals surface area contributed by atoms with Crippen LogP contribution in [0.2, 0.25) is 0 Å². The molecule has 0 saturated heterocycles. The van der Waals surface area contributed by atoms with Crippen molar-refractivity contribution in [3.8, 4) is 5.75 Å². The SMILES string of the molecule is COc1ccc(N(C)c2cc(C)nc(C)c2C(N)=S)cc1. The Morgan fingerprint density at radius 1 is 1.24 bits per heavy atom. The van der Waals surface area contributed by atoms with Crippen LogP contribution in [0.1, 0.15) is 17.0 Å². The molecular formula is C16H19N3OS. The van der Waals surface area contributed by atoms with Crippen molar-refractivity contribution in [2.24, 2.45) is 5.73 Å². The molecule has 0 unspecified atom stereocenters. The zero-order chi connectivity index (χ0) is 15.6. The van der Waals surface area contributed by atoms with E-state index in [1.54, 1.807) is 7.11 Å². The van der Waals surface area contributed by atoms with Crippen molar-refractivity contribution in [2.45, 2.75) is 13.8 Å². The minimum absolute atomic E-state index is 0.357. The number of thiocarbonyl (C=S) groups is 1. The van der Waals surface area contributed by atoms with Crippen LogP contribution < -0.4 is 15.4 Å². The second kappa shape index (κ2) is 6.10. The average Bonchev–Trinajstić information content (AvgIpc) is 2.45. The Morgan fingerprint density at radius 3 is 2.38 bits per heavy atom. The summed E-state index contributed by atoms with van der Waals surface area (Å²) in [5, 5.41) is 0. The van der Waals surface area contributed by atoms with Gasteiger partial charge in [0.05, 0.1) is 18.4 Å². The second-order valence-corrected chi connectivity index (χ2v) is 5.30. The van der Waals surface area contributed by atoms with Crippen LogP contribution >= 0.6 is 12.2 Å². The van der Waals surface area contributed by atoms with E-state index in [2.05, 4.69) is 9.88 Å². The highest BCUT2D eigenvalue weighted by Gasteiger charge is 2.15. The molecule has 4 nitrogen and oxygen atoms in total. The number of methoxy groups -OCH3 is 1. The molecule has 0 aliphatic heterocycles. The van der Waals surface area contributed by atoms with Crippen LogP contribution in [0.15, 0.2) is 30.3 Å². The quantitative estimate of drug-likeness (QED) is 0.879. The summed E-state index contributed by atoms with van der Waals surface area (Å²) in [5.74, 6) is 0.823. The molecule has 21 heavy (non-hydrogen) atoms. The Hall–Kier alpha value is -2.14. The second-order valence-electron chi connectivity index (χ2n) is 4.86. The molecule has 1 aromatic heterocycles. The fourth-order valence-corrected chi connectivity index (χ4v) is 2.57. The number of ether oxygens (including phenoxy) is 1. The molecule has 0 fully saturated rings. The number of pyridine rings is 1. The lowest BCUT2D eigenvalue weighted by atomic mass is 10.1. The van der Waals surface area contributed by atoms with E-state index in [0.717, 1.165) is 34.1 Å². The van der Waals surface area contributed by atoms with Crippen LogP contribution in [-0.4, -0.2) is 24.1 Å². The van der Waals surface area contributed by atoms with Gasteiger partial charge in [-0.2, -0.15) is 0 Å². The fraction of sp³-hybridized carbons (Fsp3) is 0.250. The first-order chi connectivity index (χ1) is 9.93. The number of rotatable bonds is 4. The topological polar surface area (TPSA) is 51.4 Å². The summed E-state index contributed by atoms with van der Waals surface area (Å²) in [5.41, 5.74) is 10.4. The predicted octanol–water partition coefficient (Wildman–Crippen LogP) is 3.11. The molecule has 0 amide bonds. The summed E-state index contributed by atoms with van der Waals surface area (Å²) in [6.07, 6.45) is 0. The molecule has 2 N–H and O–H groups in total. The molecule has 0 atom stereocenters. The van der Waals surface area contributed by atoms with Gasteiger partial charge < -0.3 is 15.4 Å². The highest BCUT2D eigenvalue weighted by molar-refractivity contribution is 7.80. The number of anilines is 2. The summed E-state index contributed by atoms with van der Waals surface area (Å²) in [6, 6.07) is 9.83. The Balaban J connectivity index is 2.51. The van der Waals surface area contributed by atoms with E-state index >= 15 is 0 Å². The van der Waals surface area contributed by atoms with Gasteiger partial charge >= 0.3 is 0 Å². The lowest BCUT2D eigenvalue weighted by Gasteiger charge is -2.24. The first-order valence-corrected chi connectivity index (χ1v) is 7.00. The van der Waals surface area contributed by atoms with Crippen molar-refractivity contribution in [1.82, 2.24) is 4.98 Å². The average molecular weight is 301 g/mol. The standard InChI is InChI=1S/C16H19N3OS/c1-10-9-14(15(16(17)21)11(2)18-10)19(3)12-5-7-13(20-4)8-6-12/h5-9H,1-4H3,(H2,17,21). The van der Waals surface area contributed by atoms with Crippen molar-refractivity contribution in [1.29, 1.82) is 0 Å². The lowest BCUT2D eigenvalue weighted by molar-refractivity contribution is 0.415. The molecule has 0 bridgehead atoms. The van der Waals surface area contributed by atoms with Gasteiger partial charge in [0.1, 0.15) is 10.7 Å². The van der Waals surface area contributed by atoms with E-state index in [-0.39, 0.29) is 0 Å². The Bertz CT molecular complexity index is 668. The number of benzene rings is 1. The minimum atomic E-state index is 0.357. The third kappa shape index (κ3) is 3.13. The summed E-state index contributed by atoms with van der Waals surface area (Å²) in [6.45, 7) is 3.88. The first-order valence-electron chi connectivity index (χ1n) is 6.60. The Kier molecular flexibility index (Phi) is 4.43. The number of aromatic nitrogens is 1. The van der Waals surface area contributed by atoms with E-state index in [1.165, 1.54) is 0 Å². The van der Waals surface area contributed by atoms with Crippen LogP contribution in [0.3, 0.4) is 0 Å². The van der Waals surface area contributed by atoms with Gasteiger partial charge in [-0.1, -0.05) is 12.2 Å². The molecule has 1 heterocycles. The van der Waals surface area contributed by atoms with E-state index in [1.807, 2.05) is 51.2 Å². The summed E-state index contributed by atoms with van der Waals surface area (Å²) in [4.78, 5) is 6.85. The molecule has 5 heteroatoms. The van der Waals surface area contributed by atoms with Gasteiger partial charge in [-0.3, -0.25) is 4.98 Å². The van der Waals surface area contributed by atoms with Crippen LogP contribution in [0, 0.1) is 13.8 Å². The number of nitrogens with zero attached hydrogens (tertiary/aromatic N) is 2. The fourth-order valence-electron chi connectivity index (χ4n) is 2.32. The van der Waals surface area contributed by atoms with Gasteiger partial charge in [0.2, 0.25) is 0 Å². The molecule has 2 rings (SSSR count). The van der Waals surface area contributed by atoms with E-state index in [4.69, 9.17) is 22.7 Å². The normalized spacial score (nSPS) is 10.3. The van der Waals surface area contributed by atoms with Gasteiger partial charge in [0.25, 0.3) is 0 Å². The zero-order valence-electron chi connectivity index (χ0n) is 12.7. The van der Waals surface area contributed by atoms with Gasteiger partial charge in [0.15, 0.2) is 0 Å². The van der Waals surface area contributed by atoms with E-state index < -0.39 is 0 Å². The molecule has 1 aromatic carbocycles. The number of hydrogen-bond acceptors (Lipinski definition) is 4. The predicted molar refractivity (Wildman–Crippen MR) is 90.7 cm³/mol.